The lowest BCUT2D eigenvalue weighted by Gasteiger charge is -2.42. The SMILES string of the molecule is CC(=O)N1C2C3N(C(C)=O)[C@@H]4N[C@@H]([C@H]1N[C@@H]4N3C(C)=O)N2C(C)=O. The van der Waals surface area contributed by atoms with Crippen LogP contribution in [0.2, 0.25) is 0 Å². The Morgan fingerprint density at radius 2 is 0.750 bits per heavy atom. The van der Waals surface area contributed by atoms with Crippen molar-refractivity contribution in [2.75, 3.05) is 0 Å². The Hall–Kier alpha value is -2.20. The number of rotatable bonds is 0. The van der Waals surface area contributed by atoms with Crippen molar-refractivity contribution >= 4 is 23.6 Å². The summed E-state index contributed by atoms with van der Waals surface area (Å²) in [5, 5.41) is 6.58. The predicted octanol–water partition coefficient (Wildman–Crippen LogP) is -2.43. The summed E-state index contributed by atoms with van der Waals surface area (Å²) in [6.07, 6.45) is -3.14. The van der Waals surface area contributed by atoms with Crippen LogP contribution in [0.3, 0.4) is 0 Å². The van der Waals surface area contributed by atoms with E-state index in [1.807, 2.05) is 0 Å². The van der Waals surface area contributed by atoms with Gasteiger partial charge in [-0.3, -0.25) is 49.4 Å². The first kappa shape index (κ1) is 15.3. The van der Waals surface area contributed by atoms with Gasteiger partial charge in [-0.25, -0.2) is 0 Å². The number of nitrogens with zero attached hydrogens (tertiary/aromatic N) is 4. The second-order valence-electron chi connectivity index (χ2n) is 6.65. The Balaban J connectivity index is 1.93. The van der Waals surface area contributed by atoms with Crippen molar-refractivity contribution in [3.05, 3.63) is 0 Å². The number of carbonyl (C=O) groups excluding carboxylic acids is 4. The average molecular weight is 336 g/mol. The van der Waals surface area contributed by atoms with E-state index in [4.69, 9.17) is 0 Å². The molecule has 0 radical (unpaired) electrons. The van der Waals surface area contributed by atoms with Gasteiger partial charge in [-0.2, -0.15) is 0 Å². The maximum absolute atomic E-state index is 12.3. The Morgan fingerprint density at radius 3 is 0.917 bits per heavy atom. The van der Waals surface area contributed by atoms with E-state index in [1.165, 1.54) is 27.7 Å². The van der Waals surface area contributed by atoms with Gasteiger partial charge in [-0.15, -0.1) is 0 Å². The summed E-state index contributed by atoms with van der Waals surface area (Å²) in [6, 6.07) is 0. The minimum absolute atomic E-state index is 0.217. The molecule has 2 unspecified atom stereocenters. The van der Waals surface area contributed by atoms with Crippen molar-refractivity contribution < 1.29 is 19.2 Å². The van der Waals surface area contributed by atoms with Crippen LogP contribution in [-0.2, 0) is 19.2 Å². The number of nitrogens with one attached hydrogen (secondary N) is 2. The molecule has 4 amide bonds. The summed E-state index contributed by atoms with van der Waals surface area (Å²) in [5.41, 5.74) is 0. The lowest BCUT2D eigenvalue weighted by atomic mass is 10.2. The van der Waals surface area contributed by atoms with E-state index in [-0.39, 0.29) is 23.6 Å². The minimum Gasteiger partial charge on any atom is -0.299 e. The zero-order chi connectivity index (χ0) is 17.5. The minimum atomic E-state index is -0.708. The number of hydrogen-bond acceptors (Lipinski definition) is 6. The van der Waals surface area contributed by atoms with Crippen molar-refractivity contribution in [2.24, 2.45) is 0 Å². The van der Waals surface area contributed by atoms with Crippen LogP contribution in [0, 0.1) is 0 Å². The molecule has 5 aliphatic rings. The zero-order valence-electron chi connectivity index (χ0n) is 13.9. The molecule has 2 N–H and O–H groups in total. The Labute approximate surface area is 138 Å². The fourth-order valence-electron chi connectivity index (χ4n) is 4.67. The fourth-order valence-corrected chi connectivity index (χ4v) is 4.67. The molecule has 0 aliphatic carbocycles. The lowest BCUT2D eigenvalue weighted by Crippen LogP contribution is -2.73. The van der Waals surface area contributed by atoms with E-state index >= 15 is 0 Å². The monoisotopic (exact) mass is 336 g/mol. The first-order valence-corrected chi connectivity index (χ1v) is 7.93. The van der Waals surface area contributed by atoms with Crippen LogP contribution in [0.5, 0.6) is 0 Å². The zero-order valence-corrected chi connectivity index (χ0v) is 13.9. The van der Waals surface area contributed by atoms with Crippen molar-refractivity contribution in [1.82, 2.24) is 30.2 Å². The summed E-state index contributed by atoms with van der Waals surface area (Å²) in [5.74, 6) is -0.866. The van der Waals surface area contributed by atoms with Crippen molar-refractivity contribution in [2.45, 2.75) is 64.7 Å². The van der Waals surface area contributed by atoms with Gasteiger partial charge >= 0.3 is 0 Å². The third-order valence-electron chi connectivity index (χ3n) is 5.34. The van der Waals surface area contributed by atoms with E-state index in [1.54, 1.807) is 19.6 Å². The molecule has 0 aromatic heterocycles. The highest BCUT2D eigenvalue weighted by molar-refractivity contribution is 5.83. The number of hydrogen-bond donors (Lipinski definition) is 2. The molecule has 6 bridgehead atoms. The molecular weight excluding hydrogens is 316 g/mol. The molecule has 5 heterocycles. The van der Waals surface area contributed by atoms with Crippen LogP contribution in [0.1, 0.15) is 27.7 Å². The average Bonchev–Trinajstić information content (AvgIpc) is 2.85. The molecule has 10 nitrogen and oxygen atoms in total. The van der Waals surface area contributed by atoms with E-state index < -0.39 is 37.0 Å². The molecule has 0 spiro atoms. The van der Waals surface area contributed by atoms with Crippen molar-refractivity contribution in [1.29, 1.82) is 0 Å². The maximum atomic E-state index is 12.3. The predicted molar refractivity (Wildman–Crippen MR) is 79.1 cm³/mol. The van der Waals surface area contributed by atoms with E-state index in [0.29, 0.717) is 0 Å². The lowest BCUT2D eigenvalue weighted by molar-refractivity contribution is -0.152. The molecule has 10 heteroatoms. The second kappa shape index (κ2) is 4.67. The first-order chi connectivity index (χ1) is 11.3. The van der Waals surface area contributed by atoms with Gasteiger partial charge in [-0.05, 0) is 0 Å². The molecule has 6 atom stereocenters. The quantitative estimate of drug-likeness (QED) is 0.510. The molecular formula is C14H20N6O4. The van der Waals surface area contributed by atoms with Crippen LogP contribution in [0.25, 0.3) is 0 Å². The highest BCUT2D eigenvalue weighted by Gasteiger charge is 2.69. The molecule has 0 aromatic carbocycles. The molecule has 5 aliphatic heterocycles. The highest BCUT2D eigenvalue weighted by Crippen LogP contribution is 2.43. The molecule has 5 saturated heterocycles. The van der Waals surface area contributed by atoms with Crippen LogP contribution in [0.4, 0.5) is 0 Å². The molecule has 130 valence electrons. The summed E-state index contributed by atoms with van der Waals surface area (Å²) in [7, 11) is 0. The van der Waals surface area contributed by atoms with Crippen molar-refractivity contribution in [3.63, 3.8) is 0 Å². The smallest absolute Gasteiger partial charge is 0.222 e. The largest absolute Gasteiger partial charge is 0.299 e. The van der Waals surface area contributed by atoms with Gasteiger partial charge in [0.15, 0.2) is 0 Å². The fraction of sp³-hybridized carbons (Fsp3) is 0.714. The standard InChI is InChI=1S/C14H20N6O4/c1-5(21)17-9-10-16-12-11(15-9)19(7(3)23)14(20(12)8(4)24)13(17)18(10)6(2)22/h9-16H,1-4H3/t9-,10+,11+,12-,13?,14?. The van der Waals surface area contributed by atoms with Gasteiger partial charge in [0.05, 0.1) is 0 Å². The van der Waals surface area contributed by atoms with Gasteiger partial charge < -0.3 is 0 Å². The Morgan fingerprint density at radius 1 is 0.542 bits per heavy atom. The summed E-state index contributed by atoms with van der Waals surface area (Å²) >= 11 is 0. The van der Waals surface area contributed by atoms with Crippen LogP contribution >= 0.6 is 0 Å². The number of piperazine rings is 1. The molecule has 24 heavy (non-hydrogen) atoms. The third kappa shape index (κ3) is 1.62. The Bertz CT molecular complexity index is 560. The summed E-state index contributed by atoms with van der Waals surface area (Å²) < 4.78 is 0. The van der Waals surface area contributed by atoms with Crippen molar-refractivity contribution in [3.8, 4) is 0 Å². The highest BCUT2D eigenvalue weighted by atomic mass is 16.2. The number of amides is 4. The first-order valence-electron chi connectivity index (χ1n) is 7.93. The molecule has 0 saturated carbocycles. The van der Waals surface area contributed by atoms with E-state index in [9.17, 15) is 19.2 Å². The topological polar surface area (TPSA) is 105 Å². The maximum Gasteiger partial charge on any atom is 0.222 e. The molecule has 5 fully saturated rings. The molecule has 5 rings (SSSR count). The van der Waals surface area contributed by atoms with Crippen LogP contribution < -0.4 is 10.6 Å². The Kier molecular flexibility index (Phi) is 2.98. The van der Waals surface area contributed by atoms with Gasteiger partial charge in [0.2, 0.25) is 23.6 Å². The normalized spacial score (nSPS) is 38.8. The van der Waals surface area contributed by atoms with Gasteiger partial charge in [0.1, 0.15) is 37.0 Å². The van der Waals surface area contributed by atoms with Gasteiger partial charge in [0.25, 0.3) is 0 Å². The summed E-state index contributed by atoms with van der Waals surface area (Å²) in [6.45, 7) is 5.71. The number of carbonyl (C=O) groups is 4. The third-order valence-corrected chi connectivity index (χ3v) is 5.34. The second-order valence-corrected chi connectivity index (χ2v) is 6.65. The van der Waals surface area contributed by atoms with Crippen LogP contribution in [0.15, 0.2) is 0 Å². The summed E-state index contributed by atoms with van der Waals surface area (Å²) in [4.78, 5) is 55.4. The molecule has 0 aromatic rings. The van der Waals surface area contributed by atoms with Gasteiger partial charge in [-0.1, -0.05) is 0 Å². The van der Waals surface area contributed by atoms with Crippen LogP contribution in [-0.4, -0.2) is 80.2 Å². The van der Waals surface area contributed by atoms with E-state index in [2.05, 4.69) is 10.6 Å². The van der Waals surface area contributed by atoms with Gasteiger partial charge in [0, 0.05) is 27.7 Å². The van der Waals surface area contributed by atoms with E-state index in [0.717, 1.165) is 0 Å².